The van der Waals surface area contributed by atoms with Crippen molar-refractivity contribution >= 4 is 80.0 Å². The molecule has 99 heavy (non-hydrogen) atoms. The molecule has 19 rings (SSSR count). The first-order valence-electron chi connectivity index (χ1n) is 34.7. The Morgan fingerprint density at radius 3 is 0.818 bits per heavy atom. The number of ether oxygens (including phenoxy) is 2. The summed E-state index contributed by atoms with van der Waals surface area (Å²) in [6, 6.07) is 99.8. The van der Waals surface area contributed by atoms with Crippen LogP contribution in [0.1, 0.15) is 97.2 Å². The number of fused-ring (bicyclic) bond motifs is 15. The lowest BCUT2D eigenvalue weighted by molar-refractivity contribution is 0.414. The minimum absolute atomic E-state index is 0.185. The molecule has 0 fully saturated rings. The number of hydrogen-bond donors (Lipinski definition) is 0. The van der Waals surface area contributed by atoms with Crippen LogP contribution in [0.3, 0.4) is 0 Å². The molecule has 0 saturated heterocycles. The summed E-state index contributed by atoms with van der Waals surface area (Å²) in [5, 5.41) is 5.08. The first-order chi connectivity index (χ1) is 48.2. The number of anilines is 6. The summed E-state index contributed by atoms with van der Waals surface area (Å²) in [7, 11) is 3.46. The van der Waals surface area contributed by atoms with Crippen molar-refractivity contribution in [2.45, 2.75) is 57.8 Å². The first-order valence-corrected chi connectivity index (χ1v) is 34.7. The van der Waals surface area contributed by atoms with Crippen molar-refractivity contribution < 1.29 is 9.47 Å². The van der Waals surface area contributed by atoms with Gasteiger partial charge in [0.15, 0.2) is 0 Å². The van der Waals surface area contributed by atoms with Gasteiger partial charge in [-0.05, 0) is 229 Å². The van der Waals surface area contributed by atoms with Crippen LogP contribution >= 0.6 is 0 Å². The van der Waals surface area contributed by atoms with E-state index in [1.807, 2.05) is 0 Å². The molecule has 5 aliphatic rings. The van der Waals surface area contributed by atoms with Crippen molar-refractivity contribution in [3.05, 3.63) is 323 Å². The van der Waals surface area contributed by atoms with E-state index in [0.29, 0.717) is 0 Å². The molecule has 14 aromatic rings. The normalized spacial score (nSPS) is 14.4. The third-order valence-corrected chi connectivity index (χ3v) is 22.7. The van der Waals surface area contributed by atoms with E-state index in [4.69, 9.17) is 9.47 Å². The summed E-state index contributed by atoms with van der Waals surface area (Å²) in [6.45, 7) is 14.3. The van der Waals surface area contributed by atoms with Gasteiger partial charge in [0.25, 0.3) is 0 Å². The van der Waals surface area contributed by atoms with E-state index in [0.717, 1.165) is 45.6 Å². The molecule has 0 atom stereocenters. The van der Waals surface area contributed by atoms with Crippen LogP contribution in [0.15, 0.2) is 267 Å². The smallest absolute Gasteiger partial charge is 0.119 e. The lowest BCUT2D eigenvalue weighted by Crippen LogP contribution is -2.17. The van der Waals surface area contributed by atoms with Gasteiger partial charge in [-0.15, -0.1) is 0 Å². The molecule has 0 aromatic heterocycles. The highest BCUT2D eigenvalue weighted by atomic mass is 16.5. The van der Waals surface area contributed by atoms with Crippen molar-refractivity contribution in [1.82, 2.24) is 0 Å². The number of benzene rings is 14. The summed E-state index contributed by atoms with van der Waals surface area (Å²) < 4.78 is 11.3. The van der Waals surface area contributed by atoms with Gasteiger partial charge in [-0.3, -0.25) is 0 Å². The van der Waals surface area contributed by atoms with Gasteiger partial charge in [0, 0.05) is 49.8 Å². The third kappa shape index (κ3) is 8.77. The Morgan fingerprint density at radius 2 is 0.505 bits per heavy atom. The maximum absolute atomic E-state index is 5.67. The molecular formula is C95H72N2O2. The van der Waals surface area contributed by atoms with Crippen molar-refractivity contribution in [3.8, 4) is 89.4 Å². The Morgan fingerprint density at radius 1 is 0.242 bits per heavy atom. The predicted molar refractivity (Wildman–Crippen MR) is 416 cm³/mol. The fourth-order valence-corrected chi connectivity index (χ4v) is 17.6. The second-order valence-corrected chi connectivity index (χ2v) is 29.1. The number of methoxy groups -OCH3 is 2. The number of hydrogen-bond acceptors (Lipinski definition) is 4. The van der Waals surface area contributed by atoms with Gasteiger partial charge >= 0.3 is 0 Å². The lowest BCUT2D eigenvalue weighted by atomic mass is 9.81. The van der Waals surface area contributed by atoms with E-state index in [1.54, 1.807) is 14.2 Å². The molecular weight excluding hydrogens is 1200 g/mol. The molecule has 0 N–H and O–H groups in total. The molecule has 0 spiro atoms. The quantitative estimate of drug-likeness (QED) is 0.114. The van der Waals surface area contributed by atoms with Crippen LogP contribution in [-0.2, 0) is 16.2 Å². The van der Waals surface area contributed by atoms with E-state index < -0.39 is 0 Å². The van der Waals surface area contributed by atoms with E-state index in [9.17, 15) is 0 Å². The maximum Gasteiger partial charge on any atom is 0.119 e. The summed E-state index contributed by atoms with van der Waals surface area (Å²) in [4.78, 5) is 4.87. The van der Waals surface area contributed by atoms with Crippen molar-refractivity contribution in [3.63, 3.8) is 0 Å². The van der Waals surface area contributed by atoms with Crippen LogP contribution in [0.2, 0.25) is 0 Å². The Labute approximate surface area is 579 Å². The Bertz CT molecular complexity index is 5440. The predicted octanol–water partition coefficient (Wildman–Crippen LogP) is 25.5. The molecule has 4 nitrogen and oxygen atoms in total. The summed E-state index contributed by atoms with van der Waals surface area (Å²) >= 11 is 0. The zero-order valence-electron chi connectivity index (χ0n) is 56.9. The molecule has 14 aromatic carbocycles. The van der Waals surface area contributed by atoms with Gasteiger partial charge in [-0.1, -0.05) is 248 Å². The molecule has 474 valence electrons. The first kappa shape index (κ1) is 58.6. The fraction of sp³-hybridized carbons (Fsp3) is 0.116. The Balaban J connectivity index is 0.578. The monoisotopic (exact) mass is 1270 g/mol. The number of nitrogens with zero attached hydrogens (tertiary/aromatic N) is 2. The minimum atomic E-state index is -0.244. The molecule has 5 aliphatic carbocycles. The molecule has 0 saturated carbocycles. The Hall–Kier alpha value is -11.7. The zero-order valence-corrected chi connectivity index (χ0v) is 56.9. The molecule has 0 heterocycles. The lowest BCUT2D eigenvalue weighted by Gasteiger charge is -2.29. The van der Waals surface area contributed by atoms with Gasteiger partial charge in [0.1, 0.15) is 11.5 Å². The van der Waals surface area contributed by atoms with Crippen LogP contribution in [0, 0.1) is 0 Å². The largest absolute Gasteiger partial charge is 0.497 e. The molecule has 0 aliphatic heterocycles. The van der Waals surface area contributed by atoms with Gasteiger partial charge in [0.2, 0.25) is 0 Å². The second-order valence-electron chi connectivity index (χ2n) is 29.1. The van der Waals surface area contributed by atoms with E-state index in [2.05, 4.69) is 343 Å². The Kier molecular flexibility index (Phi) is 12.8. The van der Waals surface area contributed by atoms with Crippen LogP contribution in [0.5, 0.6) is 11.5 Å². The van der Waals surface area contributed by atoms with Crippen LogP contribution < -0.4 is 19.3 Å². The SMILES string of the molecule is COc1ccc(N(c2ccc3c(c2)C(C)(C)c2cc(/C=C/c4ccc5c(c4)C(C)(C)c4cc(/C=C/c6ccc7c(c6)C(C)(C)c6cc(N(c8ccc(OC)cc8)c8ccc9c%10c(cccc8%10)-c8ccccc8-9)ccc6-7)ccc4-5)ccc2-3)c2ccc3c4c(cccc24)-c2ccccc2-3)cc1. The molecule has 0 amide bonds. The molecule has 0 unspecified atom stereocenters. The van der Waals surface area contributed by atoms with Gasteiger partial charge in [-0.25, -0.2) is 0 Å². The highest BCUT2D eigenvalue weighted by Crippen LogP contribution is 2.58. The van der Waals surface area contributed by atoms with Gasteiger partial charge in [0.05, 0.1) is 25.6 Å². The maximum atomic E-state index is 5.67. The van der Waals surface area contributed by atoms with Crippen LogP contribution in [0.25, 0.3) is 124 Å². The minimum Gasteiger partial charge on any atom is -0.497 e. The van der Waals surface area contributed by atoms with E-state index in [-0.39, 0.29) is 16.2 Å². The zero-order chi connectivity index (χ0) is 66.8. The molecule has 4 heteroatoms. The molecule has 0 radical (unpaired) electrons. The summed E-state index contributed by atoms with van der Waals surface area (Å²) in [5.74, 6) is 1.67. The second kappa shape index (κ2) is 21.6. The highest BCUT2D eigenvalue weighted by molar-refractivity contribution is 6.20. The highest BCUT2D eigenvalue weighted by Gasteiger charge is 2.40. The summed E-state index contributed by atoms with van der Waals surface area (Å²) in [6.07, 6.45) is 9.20. The summed E-state index contributed by atoms with van der Waals surface area (Å²) in [5.41, 5.74) is 37.0. The number of rotatable bonds is 12. The third-order valence-electron chi connectivity index (χ3n) is 22.7. The standard InChI is InChI=1S/C95H72N2O2/c1-93(2)83-51-57(23-25-59-29-43-73-75-45-35-63(55-87(75)94(3,4)85(73)53-59)96(61-31-37-65(98-7)38-32-61)89-49-47-79-69-17-11-9-15-67(69)77-19-13-21-81(89)91(77)79)27-41-71(83)72-42-28-58(52-84(72)93)24-26-60-30-44-74-76-46-36-64(56-88(76)95(5,6)86(74)54-60)97(62-33-39-66(99-8)40-34-62)90-50-48-80-70-18-12-10-16-68(70)78-20-14-22-82(90)92(78)80/h9-56H,1-8H3/b25-23+,26-24+. The topological polar surface area (TPSA) is 24.9 Å². The average molecular weight is 1270 g/mol. The van der Waals surface area contributed by atoms with Gasteiger partial charge < -0.3 is 19.3 Å². The van der Waals surface area contributed by atoms with Crippen LogP contribution in [-0.4, -0.2) is 14.2 Å². The van der Waals surface area contributed by atoms with Crippen molar-refractivity contribution in [1.29, 1.82) is 0 Å². The average Bonchev–Trinajstić information content (AvgIpc) is 1.61. The van der Waals surface area contributed by atoms with E-state index >= 15 is 0 Å². The van der Waals surface area contributed by atoms with Crippen LogP contribution in [0.4, 0.5) is 34.1 Å². The van der Waals surface area contributed by atoms with Crippen molar-refractivity contribution in [2.75, 3.05) is 24.0 Å². The molecule has 0 bridgehead atoms. The fourth-order valence-electron chi connectivity index (χ4n) is 17.6. The van der Waals surface area contributed by atoms with E-state index in [1.165, 1.54) is 155 Å². The van der Waals surface area contributed by atoms with Gasteiger partial charge in [-0.2, -0.15) is 0 Å². The van der Waals surface area contributed by atoms with Crippen molar-refractivity contribution in [2.24, 2.45) is 0 Å².